The van der Waals surface area contributed by atoms with E-state index in [9.17, 15) is 14.4 Å². The number of imide groups is 1. The van der Waals surface area contributed by atoms with Crippen LogP contribution in [0.2, 0.25) is 0 Å². The second-order valence-corrected chi connectivity index (χ2v) is 4.19. The molecule has 2 rings (SSSR count). The van der Waals surface area contributed by atoms with Gasteiger partial charge in [0.15, 0.2) is 0 Å². The Hall–Kier alpha value is -1.39. The maximum atomic E-state index is 11.7. The first kappa shape index (κ1) is 10.1. The molecule has 0 radical (unpaired) electrons. The van der Waals surface area contributed by atoms with Crippen LogP contribution in [0.15, 0.2) is 0 Å². The molecular weight excluding hydrogens is 198 g/mol. The molecular formula is C10H13NO4. The van der Waals surface area contributed by atoms with Gasteiger partial charge in [-0.15, -0.1) is 0 Å². The molecule has 5 nitrogen and oxygen atoms in total. The molecule has 2 aliphatic rings. The second kappa shape index (κ2) is 3.64. The van der Waals surface area contributed by atoms with Crippen molar-refractivity contribution in [1.29, 1.82) is 0 Å². The van der Waals surface area contributed by atoms with Crippen molar-refractivity contribution in [1.82, 2.24) is 4.90 Å². The predicted molar refractivity (Wildman–Crippen MR) is 49.8 cm³/mol. The van der Waals surface area contributed by atoms with Crippen LogP contribution in [0, 0.1) is 11.8 Å². The molecule has 0 bridgehead atoms. The normalized spacial score (nSPS) is 26.5. The summed E-state index contributed by atoms with van der Waals surface area (Å²) in [6, 6.07) is 0. The largest absolute Gasteiger partial charge is 0.481 e. The third kappa shape index (κ3) is 2.00. The first-order valence-electron chi connectivity index (χ1n) is 5.16. The number of carbonyl (C=O) groups is 3. The zero-order valence-corrected chi connectivity index (χ0v) is 8.31. The Morgan fingerprint density at radius 3 is 2.40 bits per heavy atom. The lowest BCUT2D eigenvalue weighted by Crippen LogP contribution is -2.46. The number of hydrogen-bond acceptors (Lipinski definition) is 3. The van der Waals surface area contributed by atoms with E-state index in [4.69, 9.17) is 5.11 Å². The highest BCUT2D eigenvalue weighted by Crippen LogP contribution is 2.32. The molecule has 82 valence electrons. The monoisotopic (exact) mass is 211 g/mol. The molecule has 0 aromatic rings. The van der Waals surface area contributed by atoms with Crippen molar-refractivity contribution in [2.45, 2.75) is 25.7 Å². The molecule has 0 aromatic heterocycles. The van der Waals surface area contributed by atoms with Crippen LogP contribution in [0.5, 0.6) is 0 Å². The van der Waals surface area contributed by atoms with Gasteiger partial charge in [-0.05, 0) is 19.3 Å². The Bertz CT molecular complexity index is 321. The average Bonchev–Trinajstić information content (AvgIpc) is 3.00. The summed E-state index contributed by atoms with van der Waals surface area (Å²) in [6.45, 7) is 0.0590. The third-order valence-electron chi connectivity index (χ3n) is 2.95. The number of hydrogen-bond donors (Lipinski definition) is 1. The van der Waals surface area contributed by atoms with Crippen LogP contribution >= 0.6 is 0 Å². The van der Waals surface area contributed by atoms with E-state index in [1.165, 1.54) is 0 Å². The van der Waals surface area contributed by atoms with Gasteiger partial charge in [-0.25, -0.2) is 0 Å². The molecule has 2 fully saturated rings. The number of amides is 2. The quantitative estimate of drug-likeness (QED) is 0.664. The average molecular weight is 211 g/mol. The van der Waals surface area contributed by atoms with Gasteiger partial charge in [0.05, 0.1) is 5.92 Å². The molecule has 1 saturated heterocycles. The van der Waals surface area contributed by atoms with Gasteiger partial charge >= 0.3 is 5.97 Å². The van der Waals surface area contributed by atoms with E-state index < -0.39 is 11.9 Å². The van der Waals surface area contributed by atoms with Gasteiger partial charge in [0, 0.05) is 18.9 Å². The minimum Gasteiger partial charge on any atom is -0.481 e. The van der Waals surface area contributed by atoms with Crippen LogP contribution in [0.25, 0.3) is 0 Å². The van der Waals surface area contributed by atoms with Crippen LogP contribution in [0.3, 0.4) is 0 Å². The number of carbonyl (C=O) groups excluding carboxylic acids is 2. The lowest BCUT2D eigenvalue weighted by Gasteiger charge is -2.28. The van der Waals surface area contributed by atoms with Crippen molar-refractivity contribution in [3.63, 3.8) is 0 Å². The highest BCUT2D eigenvalue weighted by Gasteiger charge is 2.40. The number of likely N-dealkylation sites (tertiary alicyclic amines) is 1. The number of aliphatic carboxylic acids is 1. The number of nitrogens with zero attached hydrogens (tertiary/aromatic N) is 1. The minimum atomic E-state index is -0.920. The zero-order valence-electron chi connectivity index (χ0n) is 8.31. The van der Waals surface area contributed by atoms with E-state index in [0.717, 1.165) is 17.7 Å². The third-order valence-corrected chi connectivity index (χ3v) is 2.95. The number of carboxylic acid groups (broad SMARTS) is 1. The molecule has 1 saturated carbocycles. The predicted octanol–water partition coefficient (Wildman–Crippen LogP) is 0.246. The fourth-order valence-electron chi connectivity index (χ4n) is 1.81. The van der Waals surface area contributed by atoms with Crippen molar-refractivity contribution in [3.8, 4) is 0 Å². The first-order valence-corrected chi connectivity index (χ1v) is 5.16. The van der Waals surface area contributed by atoms with Crippen LogP contribution in [0.4, 0.5) is 0 Å². The molecule has 1 unspecified atom stereocenters. The maximum Gasteiger partial charge on any atom is 0.308 e. The first-order chi connectivity index (χ1) is 7.09. The van der Waals surface area contributed by atoms with Gasteiger partial charge in [-0.1, -0.05) is 0 Å². The topological polar surface area (TPSA) is 74.7 Å². The summed E-state index contributed by atoms with van der Waals surface area (Å²) in [7, 11) is 0. The van der Waals surface area contributed by atoms with E-state index in [2.05, 4.69) is 0 Å². The van der Waals surface area contributed by atoms with Crippen molar-refractivity contribution < 1.29 is 19.5 Å². The summed E-state index contributed by atoms with van der Waals surface area (Å²) in [4.78, 5) is 35.0. The van der Waals surface area contributed by atoms with E-state index in [1.807, 2.05) is 0 Å². The maximum absolute atomic E-state index is 11.7. The van der Waals surface area contributed by atoms with Crippen molar-refractivity contribution in [2.75, 3.05) is 6.54 Å². The summed E-state index contributed by atoms with van der Waals surface area (Å²) in [6.07, 6.45) is 2.19. The van der Waals surface area contributed by atoms with Crippen LogP contribution in [-0.4, -0.2) is 34.3 Å². The summed E-state index contributed by atoms with van der Waals surface area (Å²) in [5.41, 5.74) is 0. The van der Waals surface area contributed by atoms with Gasteiger partial charge < -0.3 is 5.11 Å². The SMILES string of the molecule is O=C(O)C1CCC(=O)N(C(=O)C2CC2)C1. The highest BCUT2D eigenvalue weighted by molar-refractivity contribution is 5.98. The Balaban J connectivity index is 2.04. The molecule has 1 N–H and O–H groups in total. The summed E-state index contributed by atoms with van der Waals surface area (Å²) < 4.78 is 0. The van der Waals surface area contributed by atoms with Crippen LogP contribution < -0.4 is 0 Å². The molecule has 1 atom stereocenters. The Morgan fingerprint density at radius 2 is 1.87 bits per heavy atom. The summed E-state index contributed by atoms with van der Waals surface area (Å²) in [5.74, 6) is -1.92. The highest BCUT2D eigenvalue weighted by atomic mass is 16.4. The van der Waals surface area contributed by atoms with E-state index >= 15 is 0 Å². The standard InChI is InChI=1S/C10H13NO4/c12-8-4-3-7(10(14)15)5-11(8)9(13)6-1-2-6/h6-7H,1-5H2,(H,14,15). The van der Waals surface area contributed by atoms with Gasteiger partial charge in [-0.2, -0.15) is 0 Å². The van der Waals surface area contributed by atoms with E-state index in [1.54, 1.807) is 0 Å². The number of rotatable bonds is 2. The number of carboxylic acids is 1. The van der Waals surface area contributed by atoms with Crippen LogP contribution in [-0.2, 0) is 14.4 Å². The Labute approximate surface area is 87.1 Å². The molecule has 1 aliphatic carbocycles. The van der Waals surface area contributed by atoms with E-state index in [0.29, 0.717) is 6.42 Å². The molecule has 5 heteroatoms. The minimum absolute atomic E-state index is 0.0264. The van der Waals surface area contributed by atoms with Crippen molar-refractivity contribution >= 4 is 17.8 Å². The molecule has 2 amide bonds. The molecule has 1 aliphatic heterocycles. The zero-order chi connectivity index (χ0) is 11.0. The Kier molecular flexibility index (Phi) is 2.46. The summed E-state index contributed by atoms with van der Waals surface area (Å²) in [5, 5.41) is 8.83. The van der Waals surface area contributed by atoms with Gasteiger partial charge in [0.2, 0.25) is 11.8 Å². The fraction of sp³-hybridized carbons (Fsp3) is 0.700. The van der Waals surface area contributed by atoms with Gasteiger partial charge in [0.25, 0.3) is 0 Å². The van der Waals surface area contributed by atoms with E-state index in [-0.39, 0.29) is 30.7 Å². The van der Waals surface area contributed by atoms with Crippen LogP contribution in [0.1, 0.15) is 25.7 Å². The smallest absolute Gasteiger partial charge is 0.308 e. The van der Waals surface area contributed by atoms with Crippen molar-refractivity contribution in [2.24, 2.45) is 11.8 Å². The number of piperidine rings is 1. The van der Waals surface area contributed by atoms with Crippen molar-refractivity contribution in [3.05, 3.63) is 0 Å². The second-order valence-electron chi connectivity index (χ2n) is 4.19. The molecule has 0 spiro atoms. The van der Waals surface area contributed by atoms with Gasteiger partial charge in [-0.3, -0.25) is 19.3 Å². The Morgan fingerprint density at radius 1 is 1.20 bits per heavy atom. The molecule has 15 heavy (non-hydrogen) atoms. The fourth-order valence-corrected chi connectivity index (χ4v) is 1.81. The molecule has 1 heterocycles. The van der Waals surface area contributed by atoms with Gasteiger partial charge in [0.1, 0.15) is 0 Å². The molecule has 0 aromatic carbocycles. The summed E-state index contributed by atoms with van der Waals surface area (Å²) >= 11 is 0. The lowest BCUT2D eigenvalue weighted by atomic mass is 9.97. The lowest BCUT2D eigenvalue weighted by molar-refractivity contribution is -0.153.